The van der Waals surface area contributed by atoms with Crippen LogP contribution in [0.5, 0.6) is 5.88 Å². The number of pyridine rings is 1. The van der Waals surface area contributed by atoms with Crippen LogP contribution in [0.15, 0.2) is 48.9 Å². The molecule has 0 aliphatic heterocycles. The number of carbonyl (C=O) groups excluding carboxylic acids is 1. The molecule has 0 bridgehead atoms. The van der Waals surface area contributed by atoms with E-state index in [-0.39, 0.29) is 5.91 Å². The molecule has 1 amide bonds. The summed E-state index contributed by atoms with van der Waals surface area (Å²) in [6.07, 6.45) is 3.08. The molecular weight excluding hydrogens is 296 g/mol. The predicted molar refractivity (Wildman–Crippen MR) is 82.5 cm³/mol. The van der Waals surface area contributed by atoms with Gasteiger partial charge in [0.15, 0.2) is 0 Å². The molecule has 0 saturated heterocycles. The molecular formula is C15H14N6O2. The van der Waals surface area contributed by atoms with Crippen LogP contribution in [-0.2, 0) is 0 Å². The number of carbonyl (C=O) groups is 1. The lowest BCUT2D eigenvalue weighted by Crippen LogP contribution is -2.14. The summed E-state index contributed by atoms with van der Waals surface area (Å²) in [7, 11) is 0. The summed E-state index contributed by atoms with van der Waals surface area (Å²) in [4.78, 5) is 16.4. The second-order valence-corrected chi connectivity index (χ2v) is 4.54. The van der Waals surface area contributed by atoms with Crippen LogP contribution < -0.4 is 10.1 Å². The highest BCUT2D eigenvalue weighted by atomic mass is 16.5. The van der Waals surface area contributed by atoms with Crippen molar-refractivity contribution in [2.24, 2.45) is 0 Å². The largest absolute Gasteiger partial charge is 0.477 e. The molecule has 0 aliphatic rings. The van der Waals surface area contributed by atoms with Gasteiger partial charge < -0.3 is 10.1 Å². The van der Waals surface area contributed by atoms with Crippen molar-refractivity contribution < 1.29 is 9.53 Å². The van der Waals surface area contributed by atoms with Crippen molar-refractivity contribution in [3.63, 3.8) is 0 Å². The van der Waals surface area contributed by atoms with Crippen molar-refractivity contribution in [2.75, 3.05) is 11.9 Å². The van der Waals surface area contributed by atoms with Crippen molar-refractivity contribution >= 4 is 11.6 Å². The Labute approximate surface area is 132 Å². The van der Waals surface area contributed by atoms with Gasteiger partial charge in [-0.25, -0.2) is 9.67 Å². The third-order valence-corrected chi connectivity index (χ3v) is 3.04. The Balaban J connectivity index is 1.75. The Morgan fingerprint density at radius 3 is 2.78 bits per heavy atom. The first-order valence-electron chi connectivity index (χ1n) is 7.00. The second kappa shape index (κ2) is 6.65. The first-order valence-corrected chi connectivity index (χ1v) is 7.00. The number of hydrogen-bond donors (Lipinski definition) is 1. The van der Waals surface area contributed by atoms with E-state index >= 15 is 0 Å². The van der Waals surface area contributed by atoms with Gasteiger partial charge in [0.25, 0.3) is 5.91 Å². The maximum atomic E-state index is 12.4. The summed E-state index contributed by atoms with van der Waals surface area (Å²) in [6, 6.07) is 10.5. The Hall–Kier alpha value is -3.29. The summed E-state index contributed by atoms with van der Waals surface area (Å²) in [5.74, 6) is 0.0366. The highest BCUT2D eigenvalue weighted by Crippen LogP contribution is 2.18. The molecule has 8 nitrogen and oxygen atoms in total. The van der Waals surface area contributed by atoms with E-state index in [9.17, 15) is 4.79 Å². The zero-order chi connectivity index (χ0) is 16.1. The molecule has 1 aromatic carbocycles. The van der Waals surface area contributed by atoms with Crippen LogP contribution in [0.2, 0.25) is 0 Å². The van der Waals surface area contributed by atoms with Gasteiger partial charge in [-0.1, -0.05) is 0 Å². The Morgan fingerprint density at radius 1 is 1.26 bits per heavy atom. The molecule has 3 rings (SSSR count). The number of nitrogens with zero attached hydrogens (tertiary/aromatic N) is 5. The summed E-state index contributed by atoms with van der Waals surface area (Å²) >= 11 is 0. The smallest absolute Gasteiger partial charge is 0.261 e. The number of hydrogen-bond acceptors (Lipinski definition) is 6. The minimum absolute atomic E-state index is 0.281. The second-order valence-electron chi connectivity index (χ2n) is 4.54. The monoisotopic (exact) mass is 310 g/mol. The number of nitrogens with one attached hydrogen (secondary N) is 1. The molecule has 0 radical (unpaired) electrons. The van der Waals surface area contributed by atoms with Crippen LogP contribution in [0.1, 0.15) is 17.3 Å². The SMILES string of the molecule is CCOc1ncccc1C(=O)Nc1ccc(-n2cnnn2)cc1. The molecule has 23 heavy (non-hydrogen) atoms. The Kier molecular flexibility index (Phi) is 4.23. The number of anilines is 1. The van der Waals surface area contributed by atoms with E-state index in [4.69, 9.17) is 4.74 Å². The van der Waals surface area contributed by atoms with E-state index in [1.165, 1.54) is 11.0 Å². The average Bonchev–Trinajstić information content (AvgIpc) is 3.11. The zero-order valence-electron chi connectivity index (χ0n) is 12.4. The van der Waals surface area contributed by atoms with E-state index in [2.05, 4.69) is 25.8 Å². The quantitative estimate of drug-likeness (QED) is 0.771. The predicted octanol–water partition coefficient (Wildman–Crippen LogP) is 1.71. The summed E-state index contributed by atoms with van der Waals surface area (Å²) in [6.45, 7) is 2.28. The molecule has 3 aromatic rings. The normalized spacial score (nSPS) is 10.3. The molecule has 0 saturated carbocycles. The fourth-order valence-corrected chi connectivity index (χ4v) is 1.99. The van der Waals surface area contributed by atoms with Crippen LogP contribution in [0.4, 0.5) is 5.69 Å². The van der Waals surface area contributed by atoms with Crippen molar-refractivity contribution in [2.45, 2.75) is 6.92 Å². The van der Waals surface area contributed by atoms with Crippen LogP contribution >= 0.6 is 0 Å². The van der Waals surface area contributed by atoms with Crippen LogP contribution in [0.25, 0.3) is 5.69 Å². The van der Waals surface area contributed by atoms with Crippen LogP contribution in [-0.4, -0.2) is 37.7 Å². The van der Waals surface area contributed by atoms with Crippen molar-refractivity contribution in [1.29, 1.82) is 0 Å². The lowest BCUT2D eigenvalue weighted by Gasteiger charge is -2.09. The Morgan fingerprint density at radius 2 is 2.09 bits per heavy atom. The topological polar surface area (TPSA) is 94.8 Å². The minimum Gasteiger partial charge on any atom is -0.477 e. The van der Waals surface area contributed by atoms with Gasteiger partial charge >= 0.3 is 0 Å². The molecule has 0 atom stereocenters. The van der Waals surface area contributed by atoms with Gasteiger partial charge in [-0.05, 0) is 53.7 Å². The highest BCUT2D eigenvalue weighted by molar-refractivity contribution is 6.05. The molecule has 0 spiro atoms. The third kappa shape index (κ3) is 3.31. The number of ether oxygens (including phenoxy) is 1. The fraction of sp³-hybridized carbons (Fsp3) is 0.133. The van der Waals surface area contributed by atoms with Gasteiger partial charge in [-0.15, -0.1) is 5.10 Å². The van der Waals surface area contributed by atoms with E-state index in [1.807, 2.05) is 6.92 Å². The van der Waals surface area contributed by atoms with Gasteiger partial charge in [0.05, 0.1) is 12.3 Å². The molecule has 0 unspecified atom stereocenters. The van der Waals surface area contributed by atoms with E-state index in [0.29, 0.717) is 23.7 Å². The molecule has 8 heteroatoms. The number of amides is 1. The van der Waals surface area contributed by atoms with E-state index < -0.39 is 0 Å². The zero-order valence-corrected chi connectivity index (χ0v) is 12.4. The molecule has 0 fully saturated rings. The highest BCUT2D eigenvalue weighted by Gasteiger charge is 2.13. The fourth-order valence-electron chi connectivity index (χ4n) is 1.99. The van der Waals surface area contributed by atoms with Gasteiger partial charge in [-0.3, -0.25) is 4.79 Å². The number of aromatic nitrogens is 5. The van der Waals surface area contributed by atoms with Crippen molar-refractivity contribution in [1.82, 2.24) is 25.2 Å². The minimum atomic E-state index is -0.281. The van der Waals surface area contributed by atoms with Crippen molar-refractivity contribution in [3.8, 4) is 11.6 Å². The van der Waals surface area contributed by atoms with Crippen LogP contribution in [0, 0.1) is 0 Å². The van der Waals surface area contributed by atoms with Gasteiger partial charge in [-0.2, -0.15) is 0 Å². The maximum absolute atomic E-state index is 12.4. The van der Waals surface area contributed by atoms with Gasteiger partial charge in [0.1, 0.15) is 11.9 Å². The summed E-state index contributed by atoms with van der Waals surface area (Å²) in [5.41, 5.74) is 1.83. The molecule has 2 aromatic heterocycles. The molecule has 0 aliphatic carbocycles. The standard InChI is InChI=1S/C15H14N6O2/c1-2-23-15-13(4-3-9-16-15)14(22)18-11-5-7-12(8-6-11)21-10-17-19-20-21/h3-10H,2H2,1H3,(H,18,22). The first-order chi connectivity index (χ1) is 11.3. The number of rotatable bonds is 5. The first kappa shape index (κ1) is 14.6. The lowest BCUT2D eigenvalue weighted by molar-refractivity contribution is 0.102. The van der Waals surface area contributed by atoms with Gasteiger partial charge in [0, 0.05) is 11.9 Å². The molecule has 1 N–H and O–H groups in total. The average molecular weight is 310 g/mol. The molecule has 2 heterocycles. The number of benzene rings is 1. The summed E-state index contributed by atoms with van der Waals surface area (Å²) in [5, 5.41) is 13.8. The Bertz CT molecular complexity index is 786. The molecule has 116 valence electrons. The third-order valence-electron chi connectivity index (χ3n) is 3.04. The van der Waals surface area contributed by atoms with Gasteiger partial charge in [0.2, 0.25) is 5.88 Å². The summed E-state index contributed by atoms with van der Waals surface area (Å²) < 4.78 is 6.89. The maximum Gasteiger partial charge on any atom is 0.261 e. The van der Waals surface area contributed by atoms with Crippen molar-refractivity contribution in [3.05, 3.63) is 54.5 Å². The van der Waals surface area contributed by atoms with E-state index in [1.54, 1.807) is 42.6 Å². The lowest BCUT2D eigenvalue weighted by atomic mass is 10.2. The van der Waals surface area contributed by atoms with E-state index in [0.717, 1.165) is 5.69 Å². The number of tetrazole rings is 1. The van der Waals surface area contributed by atoms with Crippen LogP contribution in [0.3, 0.4) is 0 Å².